The van der Waals surface area contributed by atoms with E-state index in [0.717, 1.165) is 4.90 Å². The van der Waals surface area contributed by atoms with Crippen molar-refractivity contribution in [1.82, 2.24) is 15.3 Å². The van der Waals surface area contributed by atoms with Gasteiger partial charge in [0.05, 0.1) is 19.6 Å². The van der Waals surface area contributed by atoms with Crippen LogP contribution in [0.25, 0.3) is 0 Å². The van der Waals surface area contributed by atoms with Crippen LogP contribution in [0.1, 0.15) is 25.7 Å². The molecule has 14 nitrogen and oxygen atoms in total. The number of hydroxylamine groups is 2. The molecule has 1 fully saturated rings. The van der Waals surface area contributed by atoms with Crippen LogP contribution in [0.5, 0.6) is 0 Å². The fourth-order valence-electron chi connectivity index (χ4n) is 2.49. The summed E-state index contributed by atoms with van der Waals surface area (Å²) in [6.07, 6.45) is -6.50. The molecule has 1 heterocycles. The molecule has 0 aliphatic carbocycles. The maximum Gasteiger partial charge on any atom is 0.333 e. The molecule has 0 unspecified atom stereocenters. The number of carbonyl (C=O) groups excluding carboxylic acids is 6. The van der Waals surface area contributed by atoms with Gasteiger partial charge in [0.25, 0.3) is 11.8 Å². The van der Waals surface area contributed by atoms with Gasteiger partial charge in [-0.1, -0.05) is 0 Å². The number of aliphatic hydroxyl groups excluding tert-OH is 4. The number of amides is 4. The number of imide groups is 1. The zero-order chi connectivity index (χ0) is 23.7. The molecule has 0 aromatic rings. The van der Waals surface area contributed by atoms with E-state index in [4.69, 9.17) is 5.11 Å². The SMILES string of the molecule is CN(CC(=O)N[C@H](C=O)[C@@H](O)[C@H](O)[C@H](O)CO)C(=O)CCC(=O)ON1C(=O)CCC1=O. The maximum atomic E-state index is 12.0. The van der Waals surface area contributed by atoms with Crippen LogP contribution in [0.15, 0.2) is 0 Å². The summed E-state index contributed by atoms with van der Waals surface area (Å²) in [5.74, 6) is -3.89. The zero-order valence-corrected chi connectivity index (χ0v) is 16.7. The van der Waals surface area contributed by atoms with Gasteiger partial charge in [-0.05, 0) is 0 Å². The Hall–Kier alpha value is -2.94. The van der Waals surface area contributed by atoms with Crippen molar-refractivity contribution in [2.75, 3.05) is 20.2 Å². The Kier molecular flexibility index (Phi) is 10.1. The third-order valence-electron chi connectivity index (χ3n) is 4.32. The normalized spacial score (nSPS) is 17.5. The van der Waals surface area contributed by atoms with Gasteiger partial charge in [0.1, 0.15) is 30.6 Å². The van der Waals surface area contributed by atoms with Crippen molar-refractivity contribution < 1.29 is 54.0 Å². The molecule has 0 radical (unpaired) electrons. The average molecular weight is 447 g/mol. The number of aliphatic hydroxyl groups is 4. The van der Waals surface area contributed by atoms with E-state index < -0.39 is 79.9 Å². The zero-order valence-electron chi connectivity index (χ0n) is 16.7. The minimum Gasteiger partial charge on any atom is -0.394 e. The average Bonchev–Trinajstić information content (AvgIpc) is 3.05. The van der Waals surface area contributed by atoms with Gasteiger partial charge in [-0.2, -0.15) is 0 Å². The highest BCUT2D eigenvalue weighted by atomic mass is 16.7. The standard InChI is InChI=1S/C17H25N3O11/c1-19(6-11(24)18-9(7-21)16(29)17(30)10(23)8-22)12(25)4-5-15(28)31-20-13(26)2-3-14(20)27/h7,9-10,16-17,22-23,29-30H,2-6,8H2,1H3,(H,18,24)/t9-,10-,16-,17-/m1/s1. The Balaban J connectivity index is 2.47. The van der Waals surface area contributed by atoms with Crippen molar-refractivity contribution >= 4 is 35.9 Å². The minimum absolute atomic E-state index is 0.0740. The first-order chi connectivity index (χ1) is 14.5. The number of carbonyl (C=O) groups is 6. The smallest absolute Gasteiger partial charge is 0.333 e. The number of hydrogen-bond donors (Lipinski definition) is 5. The van der Waals surface area contributed by atoms with E-state index in [1.807, 2.05) is 0 Å². The van der Waals surface area contributed by atoms with Gasteiger partial charge >= 0.3 is 5.97 Å². The summed E-state index contributed by atoms with van der Waals surface area (Å²) in [6, 6.07) is -1.63. The Morgan fingerprint density at radius 1 is 1.13 bits per heavy atom. The summed E-state index contributed by atoms with van der Waals surface area (Å²) < 4.78 is 0. The molecule has 4 atom stereocenters. The van der Waals surface area contributed by atoms with Crippen LogP contribution < -0.4 is 5.32 Å². The lowest BCUT2D eigenvalue weighted by molar-refractivity contribution is -0.197. The lowest BCUT2D eigenvalue weighted by atomic mass is 10.0. The van der Waals surface area contributed by atoms with Gasteiger partial charge in [-0.25, -0.2) is 4.79 Å². The lowest BCUT2D eigenvalue weighted by Gasteiger charge is -2.27. The second-order valence-electron chi connectivity index (χ2n) is 6.76. The summed E-state index contributed by atoms with van der Waals surface area (Å²) in [5, 5.41) is 39.9. The fraction of sp³-hybridized carbons (Fsp3) is 0.647. The van der Waals surface area contributed by atoms with E-state index in [1.54, 1.807) is 0 Å². The van der Waals surface area contributed by atoms with E-state index in [2.05, 4.69) is 10.2 Å². The van der Waals surface area contributed by atoms with Crippen molar-refractivity contribution in [3.63, 3.8) is 0 Å². The summed E-state index contributed by atoms with van der Waals surface area (Å²) in [7, 11) is 1.22. The van der Waals surface area contributed by atoms with E-state index >= 15 is 0 Å². The van der Waals surface area contributed by atoms with Gasteiger partial charge in [-0.3, -0.25) is 19.2 Å². The molecule has 0 saturated carbocycles. The summed E-state index contributed by atoms with van der Waals surface area (Å²) in [5.41, 5.74) is 0. The number of rotatable bonds is 12. The van der Waals surface area contributed by atoms with Crippen LogP contribution >= 0.6 is 0 Å². The highest BCUT2D eigenvalue weighted by Crippen LogP contribution is 2.13. The van der Waals surface area contributed by atoms with Crippen LogP contribution in [0.3, 0.4) is 0 Å². The first-order valence-electron chi connectivity index (χ1n) is 9.22. The predicted molar refractivity (Wildman–Crippen MR) is 97.2 cm³/mol. The molecular weight excluding hydrogens is 422 g/mol. The quantitative estimate of drug-likeness (QED) is 0.142. The van der Waals surface area contributed by atoms with E-state index in [1.165, 1.54) is 7.05 Å². The van der Waals surface area contributed by atoms with Gasteiger partial charge in [-0.15, -0.1) is 5.06 Å². The van der Waals surface area contributed by atoms with E-state index in [-0.39, 0.29) is 19.1 Å². The van der Waals surface area contributed by atoms with Crippen molar-refractivity contribution in [2.45, 2.75) is 50.0 Å². The van der Waals surface area contributed by atoms with Gasteiger partial charge in [0.2, 0.25) is 11.8 Å². The maximum absolute atomic E-state index is 12.0. The molecule has 0 aromatic heterocycles. The highest BCUT2D eigenvalue weighted by Gasteiger charge is 2.33. The van der Waals surface area contributed by atoms with Crippen LogP contribution in [-0.4, -0.2) is 111 Å². The first-order valence-corrected chi connectivity index (χ1v) is 9.22. The highest BCUT2D eigenvalue weighted by molar-refractivity contribution is 6.01. The molecule has 1 rings (SSSR count). The molecule has 4 amide bonds. The van der Waals surface area contributed by atoms with Crippen LogP contribution in [0.4, 0.5) is 0 Å². The molecule has 5 N–H and O–H groups in total. The summed E-state index contributed by atoms with van der Waals surface area (Å²) in [4.78, 5) is 75.1. The van der Waals surface area contributed by atoms with Gasteiger partial charge in [0.15, 0.2) is 0 Å². The fourth-order valence-corrected chi connectivity index (χ4v) is 2.49. The molecule has 1 saturated heterocycles. The Morgan fingerprint density at radius 2 is 1.71 bits per heavy atom. The minimum atomic E-state index is -1.92. The lowest BCUT2D eigenvalue weighted by Crippen LogP contribution is -2.54. The monoisotopic (exact) mass is 447 g/mol. The van der Waals surface area contributed by atoms with E-state index in [9.17, 15) is 44.1 Å². The number of nitrogens with one attached hydrogen (secondary N) is 1. The van der Waals surface area contributed by atoms with Crippen molar-refractivity contribution in [2.24, 2.45) is 0 Å². The van der Waals surface area contributed by atoms with Gasteiger partial charge in [0, 0.05) is 26.3 Å². The number of hydrogen-bond acceptors (Lipinski definition) is 11. The third kappa shape index (κ3) is 7.67. The van der Waals surface area contributed by atoms with Crippen molar-refractivity contribution in [3.05, 3.63) is 0 Å². The second-order valence-corrected chi connectivity index (χ2v) is 6.76. The molecule has 174 valence electrons. The summed E-state index contributed by atoms with van der Waals surface area (Å²) >= 11 is 0. The topological polar surface area (TPSA) is 211 Å². The van der Waals surface area contributed by atoms with Crippen molar-refractivity contribution in [3.8, 4) is 0 Å². The molecule has 0 aromatic carbocycles. The predicted octanol–water partition coefficient (Wildman–Crippen LogP) is -4.41. The number of nitrogens with zero attached hydrogens (tertiary/aromatic N) is 2. The molecule has 1 aliphatic heterocycles. The molecule has 31 heavy (non-hydrogen) atoms. The van der Waals surface area contributed by atoms with Gasteiger partial charge < -0.3 is 40.3 Å². The third-order valence-corrected chi connectivity index (χ3v) is 4.32. The molecule has 14 heteroatoms. The van der Waals surface area contributed by atoms with Crippen LogP contribution in [0, 0.1) is 0 Å². The first kappa shape index (κ1) is 26.1. The van der Waals surface area contributed by atoms with E-state index in [0.29, 0.717) is 5.06 Å². The Morgan fingerprint density at radius 3 is 2.23 bits per heavy atom. The molecule has 0 spiro atoms. The van der Waals surface area contributed by atoms with Crippen molar-refractivity contribution in [1.29, 1.82) is 0 Å². The molecule has 1 aliphatic rings. The Bertz CT molecular complexity index is 697. The summed E-state index contributed by atoms with van der Waals surface area (Å²) in [6.45, 7) is -1.47. The number of likely N-dealkylation sites (N-methyl/N-ethyl adjacent to an activating group) is 1. The molecule has 0 bridgehead atoms. The second kappa shape index (κ2) is 12.0. The largest absolute Gasteiger partial charge is 0.394 e. The number of aldehydes is 1. The molecular formula is C17H25N3O11. The Labute approximate surface area is 176 Å². The van der Waals surface area contributed by atoms with Crippen LogP contribution in [0.2, 0.25) is 0 Å². The van der Waals surface area contributed by atoms with Crippen LogP contribution in [-0.2, 0) is 33.6 Å².